The zero-order chi connectivity index (χ0) is 13.0. The molecule has 3 heteroatoms. The van der Waals surface area contributed by atoms with Gasteiger partial charge in [0.15, 0.2) is 0 Å². The van der Waals surface area contributed by atoms with E-state index in [1.165, 1.54) is 0 Å². The molecule has 1 nitrogen and oxygen atoms in total. The second kappa shape index (κ2) is 6.21. The largest absolute Gasteiger partial charge is 0.497 e. The van der Waals surface area contributed by atoms with Crippen molar-refractivity contribution in [3.05, 3.63) is 62.5 Å². The number of benzene rings is 2. The van der Waals surface area contributed by atoms with E-state index >= 15 is 0 Å². The zero-order valence-corrected chi connectivity index (χ0v) is 13.0. The molecule has 2 aromatic carbocycles. The molecule has 0 N–H and O–H groups in total. The molecule has 0 radical (unpaired) electrons. The van der Waals surface area contributed by atoms with Gasteiger partial charge in [-0.15, -0.1) is 0 Å². The molecule has 0 aliphatic heterocycles. The molecule has 0 unspecified atom stereocenters. The number of hydrogen-bond donors (Lipinski definition) is 0. The Bertz CT molecular complexity index is 539. The first-order valence-corrected chi connectivity index (χ1v) is 7.05. The third-order valence-corrected chi connectivity index (χ3v) is 3.94. The highest BCUT2D eigenvalue weighted by molar-refractivity contribution is 9.11. The Labute approximate surface area is 124 Å². The van der Waals surface area contributed by atoms with Gasteiger partial charge in [-0.05, 0) is 29.8 Å². The molecule has 0 atom stereocenters. The Hall–Kier alpha value is -1.06. The van der Waals surface area contributed by atoms with Crippen LogP contribution in [0.4, 0.5) is 0 Å². The summed E-state index contributed by atoms with van der Waals surface area (Å²) >= 11 is 7.08. The van der Waals surface area contributed by atoms with Gasteiger partial charge in [0.1, 0.15) is 5.75 Å². The molecule has 0 aliphatic rings. The van der Waals surface area contributed by atoms with Crippen LogP contribution >= 0.6 is 31.9 Å². The van der Waals surface area contributed by atoms with Gasteiger partial charge < -0.3 is 4.74 Å². The lowest BCUT2D eigenvalue weighted by molar-refractivity contribution is 0.415. The molecule has 2 rings (SSSR count). The van der Waals surface area contributed by atoms with Gasteiger partial charge in [-0.1, -0.05) is 62.2 Å². The minimum Gasteiger partial charge on any atom is -0.497 e. The first-order chi connectivity index (χ1) is 8.70. The van der Waals surface area contributed by atoms with Gasteiger partial charge in [-0.2, -0.15) is 0 Å². The van der Waals surface area contributed by atoms with Crippen molar-refractivity contribution in [3.63, 3.8) is 0 Å². The molecule has 0 bridgehead atoms. The molecule has 92 valence electrons. The average Bonchev–Trinajstić information content (AvgIpc) is 2.39. The second-order valence-electron chi connectivity index (χ2n) is 3.74. The smallest absolute Gasteiger partial charge is 0.118 e. The van der Waals surface area contributed by atoms with E-state index in [-0.39, 0.29) is 0 Å². The van der Waals surface area contributed by atoms with Crippen LogP contribution in [-0.4, -0.2) is 7.11 Å². The Morgan fingerprint density at radius 1 is 0.889 bits per heavy atom. The summed E-state index contributed by atoms with van der Waals surface area (Å²) in [7, 11) is 1.67. The van der Waals surface area contributed by atoms with E-state index in [4.69, 9.17) is 4.74 Å². The summed E-state index contributed by atoms with van der Waals surface area (Å²) < 4.78 is 7.27. The van der Waals surface area contributed by atoms with E-state index in [9.17, 15) is 0 Å². The lowest BCUT2D eigenvalue weighted by atomic mass is 10.1. The van der Waals surface area contributed by atoms with Crippen molar-refractivity contribution in [3.8, 4) is 5.75 Å². The molecule has 0 saturated heterocycles. The number of rotatable bonds is 3. The SMILES string of the molecule is COc1ccc(C=Cc2c(Br)cccc2Br)cc1. The van der Waals surface area contributed by atoms with Crippen molar-refractivity contribution in [1.29, 1.82) is 0 Å². The number of halogens is 2. The third-order valence-electron chi connectivity index (χ3n) is 2.56. The number of ether oxygens (including phenoxy) is 1. The summed E-state index contributed by atoms with van der Waals surface area (Å²) in [6.07, 6.45) is 4.15. The lowest BCUT2D eigenvalue weighted by Crippen LogP contribution is -1.82. The minimum atomic E-state index is 0.870. The van der Waals surface area contributed by atoms with Crippen LogP contribution in [0.1, 0.15) is 11.1 Å². The molecule has 0 spiro atoms. The normalized spacial score (nSPS) is 10.8. The molecular weight excluding hydrogens is 356 g/mol. The van der Waals surface area contributed by atoms with Crippen molar-refractivity contribution in [2.24, 2.45) is 0 Å². The molecule has 0 aliphatic carbocycles. The second-order valence-corrected chi connectivity index (χ2v) is 5.45. The maximum absolute atomic E-state index is 5.13. The molecule has 18 heavy (non-hydrogen) atoms. The Balaban J connectivity index is 2.24. The van der Waals surface area contributed by atoms with Crippen LogP contribution in [0.2, 0.25) is 0 Å². The Morgan fingerprint density at radius 3 is 2.06 bits per heavy atom. The summed E-state index contributed by atoms with van der Waals surface area (Å²) in [6, 6.07) is 14.0. The molecule has 0 amide bonds. The van der Waals surface area contributed by atoms with E-state index in [0.717, 1.165) is 25.8 Å². The predicted molar refractivity (Wildman–Crippen MR) is 83.8 cm³/mol. The van der Waals surface area contributed by atoms with E-state index in [1.54, 1.807) is 7.11 Å². The van der Waals surface area contributed by atoms with E-state index < -0.39 is 0 Å². The van der Waals surface area contributed by atoms with Crippen LogP contribution in [0.25, 0.3) is 12.2 Å². The van der Waals surface area contributed by atoms with Crippen molar-refractivity contribution in [2.75, 3.05) is 7.11 Å². The van der Waals surface area contributed by atoms with Crippen LogP contribution in [0.5, 0.6) is 5.75 Å². The van der Waals surface area contributed by atoms with Crippen LogP contribution in [0.15, 0.2) is 51.4 Å². The summed E-state index contributed by atoms with van der Waals surface area (Å²) in [5, 5.41) is 0. The van der Waals surface area contributed by atoms with Crippen molar-refractivity contribution < 1.29 is 4.74 Å². The molecule has 0 saturated carbocycles. The molecule has 0 fully saturated rings. The monoisotopic (exact) mass is 366 g/mol. The highest BCUT2D eigenvalue weighted by atomic mass is 79.9. The van der Waals surface area contributed by atoms with E-state index in [2.05, 4.69) is 44.0 Å². The fraction of sp³-hybridized carbons (Fsp3) is 0.0667. The molecular formula is C15H12Br2O. The van der Waals surface area contributed by atoms with Gasteiger partial charge in [0.05, 0.1) is 7.11 Å². The van der Waals surface area contributed by atoms with Crippen LogP contribution in [0, 0.1) is 0 Å². The summed E-state index contributed by atoms with van der Waals surface area (Å²) in [5.74, 6) is 0.870. The minimum absolute atomic E-state index is 0.870. The van der Waals surface area contributed by atoms with Gasteiger partial charge in [-0.3, -0.25) is 0 Å². The number of hydrogen-bond acceptors (Lipinski definition) is 1. The van der Waals surface area contributed by atoms with Crippen molar-refractivity contribution in [2.45, 2.75) is 0 Å². The quantitative estimate of drug-likeness (QED) is 0.660. The van der Waals surface area contributed by atoms with Crippen LogP contribution in [0.3, 0.4) is 0 Å². The van der Waals surface area contributed by atoms with Gasteiger partial charge in [-0.25, -0.2) is 0 Å². The molecule has 0 aromatic heterocycles. The lowest BCUT2D eigenvalue weighted by Gasteiger charge is -2.02. The highest BCUT2D eigenvalue weighted by Gasteiger charge is 2.00. The van der Waals surface area contributed by atoms with E-state index in [0.29, 0.717) is 0 Å². The van der Waals surface area contributed by atoms with Crippen LogP contribution < -0.4 is 4.74 Å². The summed E-state index contributed by atoms with van der Waals surface area (Å²) in [5.41, 5.74) is 2.27. The van der Waals surface area contributed by atoms with Gasteiger partial charge in [0.25, 0.3) is 0 Å². The first-order valence-electron chi connectivity index (χ1n) is 5.47. The summed E-state index contributed by atoms with van der Waals surface area (Å²) in [4.78, 5) is 0. The zero-order valence-electron chi connectivity index (χ0n) is 9.86. The third kappa shape index (κ3) is 3.24. The van der Waals surface area contributed by atoms with Crippen LogP contribution in [-0.2, 0) is 0 Å². The van der Waals surface area contributed by atoms with Crippen molar-refractivity contribution >= 4 is 44.0 Å². The maximum atomic E-state index is 5.13. The molecule has 0 heterocycles. The predicted octanol–water partition coefficient (Wildman–Crippen LogP) is 5.39. The topological polar surface area (TPSA) is 9.23 Å². The average molecular weight is 368 g/mol. The van der Waals surface area contributed by atoms with Gasteiger partial charge >= 0.3 is 0 Å². The van der Waals surface area contributed by atoms with Gasteiger partial charge in [0.2, 0.25) is 0 Å². The summed E-state index contributed by atoms with van der Waals surface area (Å²) in [6.45, 7) is 0. The van der Waals surface area contributed by atoms with Crippen molar-refractivity contribution in [1.82, 2.24) is 0 Å². The Kier molecular flexibility index (Phi) is 4.61. The highest BCUT2D eigenvalue weighted by Crippen LogP contribution is 2.27. The van der Waals surface area contributed by atoms with Gasteiger partial charge in [0, 0.05) is 14.5 Å². The number of methoxy groups -OCH3 is 1. The standard InChI is InChI=1S/C15H12Br2O/c1-18-12-8-5-11(6-9-12)7-10-13-14(16)3-2-4-15(13)17/h2-10H,1H3. The maximum Gasteiger partial charge on any atom is 0.118 e. The van der Waals surface area contributed by atoms with E-state index in [1.807, 2.05) is 42.5 Å². The first kappa shape index (κ1) is 13.4. The fourth-order valence-electron chi connectivity index (χ4n) is 1.56. The molecule has 2 aromatic rings. The fourth-order valence-corrected chi connectivity index (χ4v) is 2.83. The Morgan fingerprint density at radius 2 is 1.50 bits per heavy atom.